The van der Waals surface area contributed by atoms with Crippen molar-refractivity contribution in [2.75, 3.05) is 0 Å². The Kier molecular flexibility index (Phi) is 3.77. The van der Waals surface area contributed by atoms with E-state index in [1.807, 2.05) is 0 Å². The maximum absolute atomic E-state index is 12.6. The van der Waals surface area contributed by atoms with Crippen molar-refractivity contribution in [3.05, 3.63) is 11.7 Å². The zero-order valence-corrected chi connectivity index (χ0v) is 7.26. The van der Waals surface area contributed by atoms with Crippen molar-refractivity contribution in [3.8, 4) is 0 Å². The molecule has 0 heterocycles. The Labute approximate surface area is 86.3 Å². The quantitative estimate of drug-likeness (QED) is 0.621. The molecule has 2 nitrogen and oxygen atoms in total. The third kappa shape index (κ3) is 2.47. The summed E-state index contributed by atoms with van der Waals surface area (Å²) in [5.41, 5.74) is -6.71. The summed E-state index contributed by atoms with van der Waals surface area (Å²) in [6.45, 7) is 0. The summed E-state index contributed by atoms with van der Waals surface area (Å²) in [7, 11) is 0. The Morgan fingerprint density at radius 1 is 0.824 bits per heavy atom. The van der Waals surface area contributed by atoms with Gasteiger partial charge in [0.1, 0.15) is 0 Å². The Morgan fingerprint density at radius 2 is 1.12 bits per heavy atom. The van der Waals surface area contributed by atoms with Gasteiger partial charge in [-0.2, -0.15) is 30.7 Å². The van der Waals surface area contributed by atoms with Gasteiger partial charge in [0.15, 0.2) is 5.83 Å². The number of carbonyl (C=O) groups is 1. The van der Waals surface area contributed by atoms with Gasteiger partial charge in [-0.15, -0.1) is 0 Å². The highest BCUT2D eigenvalue weighted by atomic mass is 19.4. The topological polar surface area (TPSA) is 37.3 Å². The molecule has 0 aromatic rings. The Bertz CT molecular complexity index is 335. The van der Waals surface area contributed by atoms with E-state index in [2.05, 4.69) is 0 Å². The number of allylic oxidation sites excluding steroid dienone is 1. The van der Waals surface area contributed by atoms with Gasteiger partial charge in [0.05, 0.1) is 0 Å². The first-order valence-electron chi connectivity index (χ1n) is 3.38. The first kappa shape index (κ1) is 15.6. The van der Waals surface area contributed by atoms with Crippen LogP contribution in [-0.4, -0.2) is 29.1 Å². The van der Waals surface area contributed by atoms with Crippen LogP contribution in [0.25, 0.3) is 0 Å². The minimum absolute atomic E-state index is 3.10. The van der Waals surface area contributed by atoms with Crippen LogP contribution in [0.2, 0.25) is 0 Å². The van der Waals surface area contributed by atoms with E-state index in [-0.39, 0.29) is 0 Å². The smallest absolute Gasteiger partial charge is 0.438 e. The molecule has 0 bridgehead atoms. The van der Waals surface area contributed by atoms with E-state index < -0.39 is 35.6 Å². The van der Waals surface area contributed by atoms with Gasteiger partial charge in [-0.05, 0) is 0 Å². The fraction of sp³-hybridized carbons (Fsp3) is 0.500. The van der Waals surface area contributed by atoms with Crippen molar-refractivity contribution in [2.45, 2.75) is 18.0 Å². The summed E-state index contributed by atoms with van der Waals surface area (Å²) in [5.74, 6) is -10.7. The molecular formula is C6HF9O2. The summed E-state index contributed by atoms with van der Waals surface area (Å²) >= 11 is 0. The van der Waals surface area contributed by atoms with Gasteiger partial charge >= 0.3 is 24.0 Å². The van der Waals surface area contributed by atoms with Crippen LogP contribution < -0.4 is 0 Å². The van der Waals surface area contributed by atoms with Crippen LogP contribution in [0.4, 0.5) is 39.5 Å². The molecule has 0 aliphatic heterocycles. The fourth-order valence-corrected chi connectivity index (χ4v) is 0.655. The maximum Gasteiger partial charge on any atom is 0.438 e. The molecule has 0 atom stereocenters. The molecule has 1 N–H and O–H groups in total. The number of halogens is 9. The zero-order chi connectivity index (χ0) is 14.2. The third-order valence-electron chi connectivity index (χ3n) is 1.46. The number of hydrogen-bond donors (Lipinski definition) is 1. The van der Waals surface area contributed by atoms with Crippen LogP contribution in [0.5, 0.6) is 0 Å². The number of hydrogen-bond acceptors (Lipinski definition) is 1. The monoisotopic (exact) mass is 276 g/mol. The van der Waals surface area contributed by atoms with Gasteiger partial charge in [-0.3, -0.25) is 0 Å². The normalized spacial score (nSPS) is 15.6. The summed E-state index contributed by atoms with van der Waals surface area (Å²) in [5, 5.41) is 7.67. The summed E-state index contributed by atoms with van der Waals surface area (Å²) in [6, 6.07) is 0. The molecule has 0 aromatic heterocycles. The second-order valence-corrected chi connectivity index (χ2v) is 2.59. The SMILES string of the molecule is O=C(O)/C(F)=C(/F)C(F)(C(F)(F)F)C(F)(F)F. The van der Waals surface area contributed by atoms with Crippen molar-refractivity contribution in [1.29, 1.82) is 0 Å². The van der Waals surface area contributed by atoms with E-state index in [1.54, 1.807) is 0 Å². The van der Waals surface area contributed by atoms with E-state index in [4.69, 9.17) is 5.11 Å². The van der Waals surface area contributed by atoms with Crippen molar-refractivity contribution < 1.29 is 49.4 Å². The predicted octanol–water partition coefficient (Wildman–Crippen LogP) is 3.05. The average molecular weight is 276 g/mol. The van der Waals surface area contributed by atoms with Crippen LogP contribution in [0, 0.1) is 0 Å². The van der Waals surface area contributed by atoms with Crippen molar-refractivity contribution in [2.24, 2.45) is 0 Å². The van der Waals surface area contributed by atoms with Gasteiger partial charge in [-0.25, -0.2) is 13.6 Å². The molecule has 0 radical (unpaired) electrons. The Balaban J connectivity index is 6.04. The standard InChI is InChI=1S/C6HF9O2/c7-1(3(16)17)2(8)4(9,5(10,11)12)6(13,14)15/h(H,16,17)/b2-1-. The molecule has 11 heteroatoms. The summed E-state index contributed by atoms with van der Waals surface area (Å²) < 4.78 is 108. The summed E-state index contributed by atoms with van der Waals surface area (Å²) in [4.78, 5) is 9.67. The van der Waals surface area contributed by atoms with E-state index in [9.17, 15) is 44.3 Å². The van der Waals surface area contributed by atoms with Crippen LogP contribution >= 0.6 is 0 Å². The van der Waals surface area contributed by atoms with Crippen LogP contribution in [0.15, 0.2) is 11.7 Å². The van der Waals surface area contributed by atoms with Crippen molar-refractivity contribution in [1.82, 2.24) is 0 Å². The Morgan fingerprint density at radius 3 is 1.29 bits per heavy atom. The zero-order valence-electron chi connectivity index (χ0n) is 7.26. The highest BCUT2D eigenvalue weighted by Gasteiger charge is 2.76. The molecule has 17 heavy (non-hydrogen) atoms. The van der Waals surface area contributed by atoms with E-state index in [0.29, 0.717) is 0 Å². The molecule has 0 aromatic carbocycles. The second-order valence-electron chi connectivity index (χ2n) is 2.59. The van der Waals surface area contributed by atoms with Gasteiger partial charge in [0, 0.05) is 0 Å². The van der Waals surface area contributed by atoms with Gasteiger partial charge in [-0.1, -0.05) is 0 Å². The lowest BCUT2D eigenvalue weighted by Gasteiger charge is -2.28. The van der Waals surface area contributed by atoms with Gasteiger partial charge in [0.2, 0.25) is 5.83 Å². The largest absolute Gasteiger partial charge is 0.476 e. The lowest BCUT2D eigenvalue weighted by atomic mass is 10.0. The number of aliphatic carboxylic acids is 1. The Hall–Kier alpha value is -1.42. The lowest BCUT2D eigenvalue weighted by Crippen LogP contribution is -2.54. The summed E-state index contributed by atoms with van der Waals surface area (Å²) in [6.07, 6.45) is -13.8. The fourth-order valence-electron chi connectivity index (χ4n) is 0.655. The predicted molar refractivity (Wildman–Crippen MR) is 32.8 cm³/mol. The molecule has 0 aliphatic rings. The van der Waals surface area contributed by atoms with Crippen molar-refractivity contribution >= 4 is 5.97 Å². The second kappa shape index (κ2) is 4.11. The number of carboxylic acids is 1. The number of rotatable bonds is 2. The minimum atomic E-state index is -6.90. The molecule has 0 unspecified atom stereocenters. The first-order valence-corrected chi connectivity index (χ1v) is 3.38. The van der Waals surface area contributed by atoms with E-state index in [1.165, 1.54) is 0 Å². The molecule has 0 spiro atoms. The van der Waals surface area contributed by atoms with E-state index in [0.717, 1.165) is 0 Å². The maximum atomic E-state index is 12.6. The van der Waals surface area contributed by atoms with E-state index >= 15 is 0 Å². The molecule has 0 saturated carbocycles. The lowest BCUT2D eigenvalue weighted by molar-refractivity contribution is -0.331. The number of alkyl halides is 7. The molecule has 0 fully saturated rings. The van der Waals surface area contributed by atoms with Crippen molar-refractivity contribution in [3.63, 3.8) is 0 Å². The number of carboxylic acid groups (broad SMARTS) is 1. The highest BCUT2D eigenvalue weighted by Crippen LogP contribution is 2.51. The molecule has 0 amide bonds. The van der Waals surface area contributed by atoms with Crippen LogP contribution in [0.1, 0.15) is 0 Å². The molecule has 0 rings (SSSR count). The molecular weight excluding hydrogens is 275 g/mol. The molecule has 100 valence electrons. The molecule has 0 aliphatic carbocycles. The minimum Gasteiger partial charge on any atom is -0.476 e. The van der Waals surface area contributed by atoms with Crippen LogP contribution in [0.3, 0.4) is 0 Å². The van der Waals surface area contributed by atoms with Gasteiger partial charge < -0.3 is 5.11 Å². The highest BCUT2D eigenvalue weighted by molar-refractivity contribution is 5.85. The first-order chi connectivity index (χ1) is 7.26. The molecule has 0 saturated heterocycles. The van der Waals surface area contributed by atoms with Gasteiger partial charge in [0.25, 0.3) is 0 Å². The third-order valence-corrected chi connectivity index (χ3v) is 1.46. The average Bonchev–Trinajstić information content (AvgIpc) is 2.10. The van der Waals surface area contributed by atoms with Crippen LogP contribution in [-0.2, 0) is 4.79 Å².